The van der Waals surface area contributed by atoms with Crippen molar-refractivity contribution in [2.45, 2.75) is 31.3 Å². The molecule has 0 spiro atoms. The van der Waals surface area contributed by atoms with Crippen LogP contribution in [0.3, 0.4) is 0 Å². The highest BCUT2D eigenvalue weighted by molar-refractivity contribution is 7.39. The molecule has 0 aromatic carbocycles. The van der Waals surface area contributed by atoms with E-state index in [0.29, 0.717) is 0 Å². The van der Waals surface area contributed by atoms with Gasteiger partial charge in [0.05, 0.1) is 0 Å². The Hall–Kier alpha value is 0.170. The first-order valence-electron chi connectivity index (χ1n) is 3.89. The fraction of sp³-hybridized carbons (Fsp3) is 0.750. The molecular weight excluding hydrogens is 127 g/mol. The summed E-state index contributed by atoms with van der Waals surface area (Å²) in [5, 5.41) is 0. The summed E-state index contributed by atoms with van der Waals surface area (Å²) in [6, 6.07) is 0. The molecule has 2 rings (SSSR count). The Morgan fingerprint density at radius 3 is 3.44 bits per heavy atom. The second-order valence-electron chi connectivity index (χ2n) is 2.97. The van der Waals surface area contributed by atoms with Crippen molar-refractivity contribution in [3.05, 3.63) is 11.6 Å². The predicted octanol–water partition coefficient (Wildman–Crippen LogP) is 2.55. The molecule has 0 aromatic rings. The quantitative estimate of drug-likeness (QED) is 0.358. The van der Waals surface area contributed by atoms with Crippen LogP contribution in [0, 0.1) is 0 Å². The minimum atomic E-state index is 1.05. The molecule has 0 saturated heterocycles. The molecule has 0 radical (unpaired) electrons. The van der Waals surface area contributed by atoms with Gasteiger partial charge < -0.3 is 0 Å². The second-order valence-corrected chi connectivity index (χ2v) is 4.57. The monoisotopic (exact) mass is 140 g/mol. The standard InChI is InChI=1S/C8H13P/c1-3-7-4-2-6-9-8(7)5-1/h4,8-9H,1-3,5-6H2. The molecule has 1 saturated carbocycles. The van der Waals surface area contributed by atoms with E-state index in [4.69, 9.17) is 0 Å². The lowest BCUT2D eigenvalue weighted by Crippen LogP contribution is -2.01. The molecule has 1 heteroatoms. The van der Waals surface area contributed by atoms with Crippen LogP contribution in [0.4, 0.5) is 0 Å². The van der Waals surface area contributed by atoms with Gasteiger partial charge in [-0.25, -0.2) is 0 Å². The lowest BCUT2D eigenvalue weighted by atomic mass is 10.2. The predicted molar refractivity (Wildman–Crippen MR) is 43.5 cm³/mol. The van der Waals surface area contributed by atoms with Gasteiger partial charge in [0, 0.05) is 0 Å². The summed E-state index contributed by atoms with van der Waals surface area (Å²) in [6.07, 6.45) is 9.76. The minimum Gasteiger partial charge on any atom is -0.114 e. The fourth-order valence-corrected chi connectivity index (χ4v) is 3.45. The Bertz CT molecular complexity index is 138. The Morgan fingerprint density at radius 1 is 1.56 bits per heavy atom. The van der Waals surface area contributed by atoms with E-state index in [-0.39, 0.29) is 0 Å². The zero-order chi connectivity index (χ0) is 6.10. The zero-order valence-electron chi connectivity index (χ0n) is 5.69. The Kier molecular flexibility index (Phi) is 1.59. The molecule has 0 nitrogen and oxygen atoms in total. The van der Waals surface area contributed by atoms with Gasteiger partial charge in [-0.05, 0) is 37.5 Å². The molecule has 0 bridgehead atoms. The first-order chi connectivity index (χ1) is 4.47. The Labute approximate surface area is 58.5 Å². The second kappa shape index (κ2) is 2.42. The first-order valence-corrected chi connectivity index (χ1v) is 5.17. The molecule has 0 N–H and O–H groups in total. The fourth-order valence-electron chi connectivity index (χ4n) is 1.86. The van der Waals surface area contributed by atoms with Gasteiger partial charge in [-0.2, -0.15) is 0 Å². The highest BCUT2D eigenvalue weighted by Crippen LogP contribution is 2.41. The smallest absolute Gasteiger partial charge is 0.00268 e. The van der Waals surface area contributed by atoms with Crippen molar-refractivity contribution in [3.8, 4) is 0 Å². The van der Waals surface area contributed by atoms with Gasteiger partial charge in [0.2, 0.25) is 0 Å². The van der Waals surface area contributed by atoms with Crippen LogP contribution in [0.25, 0.3) is 0 Å². The van der Waals surface area contributed by atoms with E-state index in [1.165, 1.54) is 40.4 Å². The van der Waals surface area contributed by atoms with Gasteiger partial charge in [-0.15, -0.1) is 8.58 Å². The van der Waals surface area contributed by atoms with Crippen molar-refractivity contribution in [3.63, 3.8) is 0 Å². The normalized spacial score (nSPS) is 36.4. The molecule has 0 aromatic heterocycles. The lowest BCUT2D eigenvalue weighted by Gasteiger charge is -2.16. The van der Waals surface area contributed by atoms with Gasteiger partial charge in [0.15, 0.2) is 0 Å². The Balaban J connectivity index is 2.16. The first kappa shape index (κ1) is 5.92. The molecule has 9 heavy (non-hydrogen) atoms. The van der Waals surface area contributed by atoms with Crippen molar-refractivity contribution in [1.82, 2.24) is 0 Å². The third-order valence-corrected chi connectivity index (χ3v) is 4.08. The molecule has 2 unspecified atom stereocenters. The molecular formula is C8H13P. The summed E-state index contributed by atoms with van der Waals surface area (Å²) in [7, 11) is 1.27. The van der Waals surface area contributed by atoms with Gasteiger partial charge in [0.1, 0.15) is 0 Å². The van der Waals surface area contributed by atoms with Gasteiger partial charge >= 0.3 is 0 Å². The van der Waals surface area contributed by atoms with E-state index in [0.717, 1.165) is 5.66 Å². The molecule has 1 fully saturated rings. The Morgan fingerprint density at radius 2 is 2.56 bits per heavy atom. The van der Waals surface area contributed by atoms with E-state index >= 15 is 0 Å². The maximum Gasteiger partial charge on any atom is -0.00268 e. The summed E-state index contributed by atoms with van der Waals surface area (Å²) < 4.78 is 0. The van der Waals surface area contributed by atoms with Gasteiger partial charge in [0.25, 0.3) is 0 Å². The van der Waals surface area contributed by atoms with E-state index < -0.39 is 0 Å². The van der Waals surface area contributed by atoms with E-state index in [9.17, 15) is 0 Å². The third-order valence-electron chi connectivity index (χ3n) is 2.35. The van der Waals surface area contributed by atoms with Crippen LogP contribution in [0.5, 0.6) is 0 Å². The van der Waals surface area contributed by atoms with Gasteiger partial charge in [-0.1, -0.05) is 11.6 Å². The van der Waals surface area contributed by atoms with Crippen LogP contribution in [-0.2, 0) is 0 Å². The van der Waals surface area contributed by atoms with Crippen LogP contribution >= 0.6 is 8.58 Å². The van der Waals surface area contributed by atoms with Crippen molar-refractivity contribution in [2.75, 3.05) is 6.16 Å². The zero-order valence-corrected chi connectivity index (χ0v) is 6.69. The molecule has 1 aliphatic heterocycles. The van der Waals surface area contributed by atoms with Crippen LogP contribution in [0.15, 0.2) is 11.6 Å². The average Bonchev–Trinajstić information content (AvgIpc) is 2.33. The molecule has 2 atom stereocenters. The number of hydrogen-bond donors (Lipinski definition) is 0. The molecule has 50 valence electrons. The maximum absolute atomic E-state index is 2.49. The molecule has 1 aliphatic carbocycles. The van der Waals surface area contributed by atoms with E-state index in [1.54, 1.807) is 5.57 Å². The minimum absolute atomic E-state index is 1.05. The maximum atomic E-state index is 2.49. The topological polar surface area (TPSA) is 0 Å². The van der Waals surface area contributed by atoms with Crippen LogP contribution in [-0.4, -0.2) is 11.8 Å². The third kappa shape index (κ3) is 1.05. The summed E-state index contributed by atoms with van der Waals surface area (Å²) in [5.74, 6) is 0. The van der Waals surface area contributed by atoms with Gasteiger partial charge in [-0.3, -0.25) is 0 Å². The molecule has 2 aliphatic rings. The number of hydrogen-bond acceptors (Lipinski definition) is 0. The summed E-state index contributed by atoms with van der Waals surface area (Å²) >= 11 is 0. The average molecular weight is 140 g/mol. The number of rotatable bonds is 0. The van der Waals surface area contributed by atoms with Crippen molar-refractivity contribution < 1.29 is 0 Å². The summed E-state index contributed by atoms with van der Waals surface area (Å²) in [6.45, 7) is 0. The lowest BCUT2D eigenvalue weighted by molar-refractivity contribution is 0.890. The van der Waals surface area contributed by atoms with Crippen LogP contribution in [0.1, 0.15) is 25.7 Å². The van der Waals surface area contributed by atoms with Crippen molar-refractivity contribution >= 4 is 8.58 Å². The molecule has 1 heterocycles. The summed E-state index contributed by atoms with van der Waals surface area (Å²) in [4.78, 5) is 0. The van der Waals surface area contributed by atoms with Crippen LogP contribution in [0.2, 0.25) is 0 Å². The van der Waals surface area contributed by atoms with E-state index in [2.05, 4.69) is 6.08 Å². The van der Waals surface area contributed by atoms with Crippen LogP contribution < -0.4 is 0 Å². The van der Waals surface area contributed by atoms with Crippen molar-refractivity contribution in [1.29, 1.82) is 0 Å². The summed E-state index contributed by atoms with van der Waals surface area (Å²) in [5.41, 5.74) is 2.86. The highest BCUT2D eigenvalue weighted by Gasteiger charge is 2.21. The van der Waals surface area contributed by atoms with E-state index in [1.807, 2.05) is 0 Å². The highest BCUT2D eigenvalue weighted by atomic mass is 31.1. The molecule has 0 amide bonds. The largest absolute Gasteiger partial charge is 0.114 e. The number of allylic oxidation sites excluding steroid dienone is 2. The number of fused-ring (bicyclic) bond motifs is 1. The van der Waals surface area contributed by atoms with Crippen molar-refractivity contribution in [2.24, 2.45) is 0 Å². The SMILES string of the molecule is C1=C2CCCC2PCC1.